The van der Waals surface area contributed by atoms with E-state index in [1.807, 2.05) is 0 Å². The van der Waals surface area contributed by atoms with Crippen LogP contribution < -0.4 is 0 Å². The van der Waals surface area contributed by atoms with E-state index in [2.05, 4.69) is 5.16 Å². The third-order valence-electron chi connectivity index (χ3n) is 3.98. The van der Waals surface area contributed by atoms with Crippen LogP contribution in [0.15, 0.2) is 59.9 Å². The Labute approximate surface area is 166 Å². The molecule has 0 fully saturated rings. The van der Waals surface area contributed by atoms with Crippen LogP contribution in [0.3, 0.4) is 0 Å². The Morgan fingerprint density at radius 3 is 2.48 bits per heavy atom. The van der Waals surface area contributed by atoms with Gasteiger partial charge in [0.05, 0.1) is 31.8 Å². The van der Waals surface area contributed by atoms with Crippen molar-refractivity contribution in [3.05, 3.63) is 77.0 Å². The van der Waals surface area contributed by atoms with E-state index in [1.165, 1.54) is 32.6 Å². The van der Waals surface area contributed by atoms with Gasteiger partial charge in [-0.25, -0.2) is 4.79 Å². The fraction of sp³-hybridized carbons (Fsp3) is 0.238. The van der Waals surface area contributed by atoms with Gasteiger partial charge in [-0.3, -0.25) is 0 Å². The zero-order valence-electron chi connectivity index (χ0n) is 16.1. The fourth-order valence-corrected chi connectivity index (χ4v) is 2.53. The van der Waals surface area contributed by atoms with Crippen molar-refractivity contribution < 1.29 is 32.3 Å². The summed E-state index contributed by atoms with van der Waals surface area (Å²) in [4.78, 5) is 17.3. The molecule has 0 aliphatic carbocycles. The Morgan fingerprint density at radius 1 is 1.10 bits per heavy atom. The molecule has 0 N–H and O–H groups in total. The minimum Gasteiger partial charge on any atom is -0.503 e. The van der Waals surface area contributed by atoms with Crippen molar-refractivity contribution in [2.75, 3.05) is 14.2 Å². The molecule has 2 rings (SSSR count). The van der Waals surface area contributed by atoms with Crippen LogP contribution in [0.4, 0.5) is 13.2 Å². The van der Waals surface area contributed by atoms with E-state index in [1.54, 1.807) is 31.2 Å². The number of carbonyl (C=O) groups is 1. The molecule has 0 radical (unpaired) electrons. The first kappa shape index (κ1) is 22.0. The van der Waals surface area contributed by atoms with E-state index >= 15 is 0 Å². The molecule has 5 nitrogen and oxygen atoms in total. The van der Waals surface area contributed by atoms with E-state index in [0.717, 1.165) is 12.1 Å². The molecule has 154 valence electrons. The monoisotopic (exact) mass is 407 g/mol. The van der Waals surface area contributed by atoms with Gasteiger partial charge < -0.3 is 14.3 Å². The molecule has 0 saturated heterocycles. The van der Waals surface area contributed by atoms with Crippen LogP contribution in [-0.2, 0) is 31.9 Å². The van der Waals surface area contributed by atoms with Crippen molar-refractivity contribution in [1.29, 1.82) is 0 Å². The highest BCUT2D eigenvalue weighted by molar-refractivity contribution is 6.16. The highest BCUT2D eigenvalue weighted by Gasteiger charge is 2.30. The molecule has 0 atom stereocenters. The Kier molecular flexibility index (Phi) is 7.41. The lowest BCUT2D eigenvalue weighted by molar-refractivity contribution is -0.137. The summed E-state index contributed by atoms with van der Waals surface area (Å²) in [7, 11) is 2.67. The maximum Gasteiger partial charge on any atom is 0.416 e. The van der Waals surface area contributed by atoms with Gasteiger partial charge in [0.1, 0.15) is 12.2 Å². The number of hydrogen-bond donors (Lipinski definition) is 0. The number of nitrogens with zero attached hydrogens (tertiary/aromatic N) is 1. The highest BCUT2D eigenvalue weighted by Crippen LogP contribution is 2.29. The molecule has 0 amide bonds. The maximum absolute atomic E-state index is 12.9. The Bertz CT molecular complexity index is 920. The average Bonchev–Trinajstić information content (AvgIpc) is 2.71. The van der Waals surface area contributed by atoms with Gasteiger partial charge >= 0.3 is 12.1 Å². The number of benzene rings is 2. The second-order valence-corrected chi connectivity index (χ2v) is 5.94. The Morgan fingerprint density at radius 2 is 1.83 bits per heavy atom. The second-order valence-electron chi connectivity index (χ2n) is 5.94. The lowest BCUT2D eigenvalue weighted by Crippen LogP contribution is -2.08. The summed E-state index contributed by atoms with van der Waals surface area (Å²) in [6.07, 6.45) is -3.17. The quantitative estimate of drug-likeness (QED) is 0.217. The third-order valence-corrected chi connectivity index (χ3v) is 3.98. The van der Waals surface area contributed by atoms with Gasteiger partial charge in [0.15, 0.2) is 0 Å². The highest BCUT2D eigenvalue weighted by atomic mass is 19.4. The number of alkyl halides is 3. The molecule has 0 heterocycles. The van der Waals surface area contributed by atoms with Gasteiger partial charge in [-0.15, -0.1) is 0 Å². The van der Waals surface area contributed by atoms with E-state index in [9.17, 15) is 18.0 Å². The van der Waals surface area contributed by atoms with Gasteiger partial charge in [0.25, 0.3) is 0 Å². The van der Waals surface area contributed by atoms with Crippen LogP contribution in [0.1, 0.15) is 29.2 Å². The number of ether oxygens (including phenoxy) is 2. The molecule has 0 bridgehead atoms. The average molecular weight is 407 g/mol. The predicted molar refractivity (Wildman–Crippen MR) is 102 cm³/mol. The normalized spacial score (nSPS) is 12.5. The summed E-state index contributed by atoms with van der Waals surface area (Å²) in [5.41, 5.74) is 1.18. The Balaban J connectivity index is 2.21. The molecule has 0 spiro atoms. The SMILES string of the molecule is CO/C=C(\C(=O)OC)c1ccccc1CO/N=C(\C)c1cccc(C(F)(F)F)c1. The van der Waals surface area contributed by atoms with Gasteiger partial charge in [0.2, 0.25) is 0 Å². The van der Waals surface area contributed by atoms with Crippen LogP contribution >= 0.6 is 0 Å². The molecule has 0 saturated carbocycles. The second kappa shape index (κ2) is 9.77. The van der Waals surface area contributed by atoms with Gasteiger partial charge in [-0.2, -0.15) is 13.2 Å². The molecule has 29 heavy (non-hydrogen) atoms. The summed E-state index contributed by atoms with van der Waals surface area (Å²) in [6.45, 7) is 1.54. The van der Waals surface area contributed by atoms with E-state index in [4.69, 9.17) is 14.3 Å². The smallest absolute Gasteiger partial charge is 0.416 e. The molecule has 0 unspecified atom stereocenters. The molecular weight excluding hydrogens is 387 g/mol. The van der Waals surface area contributed by atoms with E-state index < -0.39 is 17.7 Å². The summed E-state index contributed by atoms with van der Waals surface area (Å²) < 4.78 is 48.3. The van der Waals surface area contributed by atoms with Crippen molar-refractivity contribution in [2.45, 2.75) is 19.7 Å². The zero-order valence-corrected chi connectivity index (χ0v) is 16.1. The lowest BCUT2D eigenvalue weighted by Gasteiger charge is -2.11. The van der Waals surface area contributed by atoms with Crippen molar-refractivity contribution in [3.63, 3.8) is 0 Å². The first-order chi connectivity index (χ1) is 13.8. The zero-order chi connectivity index (χ0) is 21.4. The van der Waals surface area contributed by atoms with Crippen LogP contribution in [0, 0.1) is 0 Å². The minimum absolute atomic E-state index is 0.00940. The number of esters is 1. The number of carbonyl (C=O) groups excluding carboxylic acids is 1. The Hall–Kier alpha value is -3.29. The van der Waals surface area contributed by atoms with Gasteiger partial charge in [0, 0.05) is 5.56 Å². The van der Waals surface area contributed by atoms with Crippen molar-refractivity contribution in [1.82, 2.24) is 0 Å². The topological polar surface area (TPSA) is 57.1 Å². The standard InChI is InChI=1S/C21H20F3NO4/c1-14(15-8-6-9-17(11-15)21(22,23)24)25-29-12-16-7-4-5-10-18(16)19(13-27-2)20(26)28-3/h4-11,13H,12H2,1-3H3/b19-13-,25-14+. The van der Waals surface area contributed by atoms with E-state index in [0.29, 0.717) is 16.7 Å². The number of oxime groups is 1. The summed E-state index contributed by atoms with van der Waals surface area (Å²) >= 11 is 0. The van der Waals surface area contributed by atoms with Gasteiger partial charge in [-0.1, -0.05) is 41.6 Å². The maximum atomic E-state index is 12.9. The number of halogens is 3. The minimum atomic E-state index is -4.44. The van der Waals surface area contributed by atoms with E-state index in [-0.39, 0.29) is 17.9 Å². The predicted octanol–water partition coefficient (Wildman–Crippen LogP) is 4.81. The molecule has 0 aromatic heterocycles. The molecule has 8 heteroatoms. The van der Waals surface area contributed by atoms with Crippen molar-refractivity contribution in [3.8, 4) is 0 Å². The largest absolute Gasteiger partial charge is 0.503 e. The number of rotatable bonds is 7. The lowest BCUT2D eigenvalue weighted by atomic mass is 10.0. The molecular formula is C21H20F3NO4. The van der Waals surface area contributed by atoms with Crippen LogP contribution in [0.25, 0.3) is 5.57 Å². The third kappa shape index (κ3) is 5.84. The first-order valence-electron chi connectivity index (χ1n) is 8.51. The fourth-order valence-electron chi connectivity index (χ4n) is 2.53. The first-order valence-corrected chi connectivity index (χ1v) is 8.51. The van der Waals surface area contributed by atoms with Gasteiger partial charge in [-0.05, 0) is 30.2 Å². The summed E-state index contributed by atoms with van der Waals surface area (Å²) in [5.74, 6) is -0.581. The number of methoxy groups -OCH3 is 2. The molecule has 2 aromatic rings. The van der Waals surface area contributed by atoms with Crippen molar-refractivity contribution in [2.24, 2.45) is 5.16 Å². The summed E-state index contributed by atoms with van der Waals surface area (Å²) in [5, 5.41) is 3.91. The summed E-state index contributed by atoms with van der Waals surface area (Å²) in [6, 6.07) is 11.8. The number of hydrogen-bond acceptors (Lipinski definition) is 5. The molecule has 2 aromatic carbocycles. The van der Waals surface area contributed by atoms with Crippen molar-refractivity contribution >= 4 is 17.3 Å². The van der Waals surface area contributed by atoms with Crippen LogP contribution in [-0.4, -0.2) is 25.9 Å². The molecule has 0 aliphatic rings. The van der Waals surface area contributed by atoms with Crippen LogP contribution in [0.2, 0.25) is 0 Å². The molecule has 0 aliphatic heterocycles. The van der Waals surface area contributed by atoms with Crippen LogP contribution in [0.5, 0.6) is 0 Å².